The fraction of sp³-hybridized carbons (Fsp3) is 0.483. The third-order valence-electron chi connectivity index (χ3n) is 11.9. The van der Waals surface area contributed by atoms with Crippen molar-refractivity contribution in [2.24, 2.45) is 9.98 Å². The second-order valence-corrected chi connectivity index (χ2v) is 22.0. The summed E-state index contributed by atoms with van der Waals surface area (Å²) in [6.07, 6.45) is 4.45. The van der Waals surface area contributed by atoms with Crippen LogP contribution in [0.25, 0.3) is 0 Å². The third-order valence-corrected chi connectivity index (χ3v) is 14.4. The number of allylic oxidation sites excluding steroid dienone is 4. The van der Waals surface area contributed by atoms with Crippen molar-refractivity contribution in [3.8, 4) is 0 Å². The maximum Gasteiger partial charge on any atom is -0.118 e. The topological polar surface area (TPSA) is 31.2 Å². The van der Waals surface area contributed by atoms with E-state index in [0.717, 1.165) is 22.8 Å². The standard InChI is InChI=1S/2C29H41GeN2.H4P2/c2*1-18(2)24-13-11-14-25(19(3)4)28(24)31-22(9)17-23(10)32(30)29-26(20(5)6)15-12-16-27(29)21(7)8;1-2/h2*11-21H,1-10H3;1-2H2/b2*23-17-,31-22?;. The summed E-state index contributed by atoms with van der Waals surface area (Å²) in [7, 11) is 4.67. The Balaban J connectivity index is 0.000000437. The molecular formula is C58H86Ge2N4P2. The molecule has 0 amide bonds. The van der Waals surface area contributed by atoms with E-state index in [2.05, 4.69) is 282 Å². The molecule has 0 spiro atoms. The van der Waals surface area contributed by atoms with Crippen molar-refractivity contribution in [2.45, 2.75) is 186 Å². The SMILES string of the molecule is CC(/C=C(/C)[N]([Ge])c1c(C(C)C)cccc1C(C)C)=Nc1c(C(C)C)cccc1C(C)C.CC(/C=C(/C)[N]([Ge])c1c(C(C)C)cccc1C(C)C)=Nc1c(C(C)C)cccc1C(C)C.PP. The first-order chi connectivity index (χ1) is 30.9. The van der Waals surface area contributed by atoms with E-state index in [-0.39, 0.29) is 0 Å². The molecule has 66 heavy (non-hydrogen) atoms. The second-order valence-electron chi connectivity index (χ2n) is 20.1. The van der Waals surface area contributed by atoms with Crippen molar-refractivity contribution in [2.75, 3.05) is 7.71 Å². The van der Waals surface area contributed by atoms with E-state index in [9.17, 15) is 0 Å². The van der Waals surface area contributed by atoms with E-state index >= 15 is 0 Å². The monoisotopic (exact) mass is 1050 g/mol. The minimum atomic E-state index is 0.444. The minimum Gasteiger partial charge on any atom is -0.118 e. The van der Waals surface area contributed by atoms with Gasteiger partial charge in [-0.05, 0) is 0 Å². The van der Waals surface area contributed by atoms with Gasteiger partial charge in [0, 0.05) is 0 Å². The van der Waals surface area contributed by atoms with Crippen molar-refractivity contribution < 1.29 is 0 Å². The molecule has 8 heteroatoms. The van der Waals surface area contributed by atoms with Crippen molar-refractivity contribution >= 4 is 85.5 Å². The predicted molar refractivity (Wildman–Crippen MR) is 307 cm³/mol. The molecule has 0 aliphatic rings. The molecule has 4 nitrogen and oxygen atoms in total. The Bertz CT molecular complexity index is 2030. The summed E-state index contributed by atoms with van der Waals surface area (Å²) in [6.45, 7) is 44.8. The molecule has 0 fully saturated rings. The van der Waals surface area contributed by atoms with Crippen LogP contribution in [0.2, 0.25) is 0 Å². The molecule has 4 aromatic carbocycles. The van der Waals surface area contributed by atoms with Gasteiger partial charge in [-0.1, -0.05) is 0 Å². The van der Waals surface area contributed by atoms with Crippen LogP contribution in [-0.4, -0.2) is 44.9 Å². The Kier molecular flexibility index (Phi) is 25.2. The van der Waals surface area contributed by atoms with E-state index in [1.807, 2.05) is 0 Å². The smallest absolute Gasteiger partial charge is 0.118 e. The minimum absolute atomic E-state index is 0.444. The Morgan fingerprint density at radius 1 is 0.379 bits per heavy atom. The molecular weight excluding hydrogens is 960 g/mol. The van der Waals surface area contributed by atoms with E-state index in [1.165, 1.54) is 67.3 Å². The summed E-state index contributed by atoms with van der Waals surface area (Å²) in [5, 5.41) is 0. The first-order valence-corrected chi connectivity index (χ1v) is 28.8. The number of benzene rings is 4. The fourth-order valence-electron chi connectivity index (χ4n) is 8.33. The van der Waals surface area contributed by atoms with Crippen molar-refractivity contribution in [3.63, 3.8) is 0 Å². The van der Waals surface area contributed by atoms with Crippen LogP contribution in [0, 0.1) is 0 Å². The average Bonchev–Trinajstić information content (AvgIpc) is 3.25. The van der Waals surface area contributed by atoms with Crippen LogP contribution < -0.4 is 7.71 Å². The number of rotatable bonds is 16. The molecule has 4 rings (SSSR count). The number of hydrogen-bond acceptors (Lipinski definition) is 4. The maximum absolute atomic E-state index is 5.15. The Hall–Kier alpha value is -2.75. The second kappa shape index (κ2) is 28.0. The first-order valence-electron chi connectivity index (χ1n) is 24.2. The molecule has 6 radical (unpaired) electrons. The first kappa shape index (κ1) is 59.4. The van der Waals surface area contributed by atoms with Gasteiger partial charge in [0.05, 0.1) is 0 Å². The number of anilines is 2. The molecule has 0 bridgehead atoms. The van der Waals surface area contributed by atoms with Crippen LogP contribution in [0.15, 0.2) is 106 Å². The number of aliphatic imine (C=N–C) groups is 2. The summed E-state index contributed by atoms with van der Waals surface area (Å²) in [6, 6.07) is 26.7. The predicted octanol–water partition coefficient (Wildman–Crippen LogP) is 18.2. The third kappa shape index (κ3) is 16.2. The zero-order chi connectivity index (χ0) is 50.3. The summed E-state index contributed by atoms with van der Waals surface area (Å²) in [4.78, 5) is 10.3. The molecule has 356 valence electrons. The van der Waals surface area contributed by atoms with Crippen LogP contribution in [0.4, 0.5) is 22.7 Å². The van der Waals surface area contributed by atoms with E-state index in [0.29, 0.717) is 47.3 Å². The van der Waals surface area contributed by atoms with Gasteiger partial charge >= 0.3 is 412 Å². The zero-order valence-corrected chi connectivity index (χ0v) is 51.2. The fourth-order valence-corrected chi connectivity index (χ4v) is 9.68. The normalized spacial score (nSPS) is 12.8. The molecule has 0 N–H and O–H groups in total. The van der Waals surface area contributed by atoms with E-state index in [4.69, 9.17) is 9.98 Å². The molecule has 0 aliphatic carbocycles. The van der Waals surface area contributed by atoms with Crippen molar-refractivity contribution in [1.29, 1.82) is 0 Å². The zero-order valence-electron chi connectivity index (χ0n) is 44.6. The Morgan fingerprint density at radius 3 is 0.742 bits per heavy atom. The van der Waals surface area contributed by atoms with Crippen LogP contribution >= 0.6 is 17.9 Å². The van der Waals surface area contributed by atoms with Crippen molar-refractivity contribution in [3.05, 3.63) is 141 Å². The average molecular weight is 1050 g/mol. The Morgan fingerprint density at radius 2 is 0.561 bits per heavy atom. The van der Waals surface area contributed by atoms with Gasteiger partial charge in [0.1, 0.15) is 0 Å². The van der Waals surface area contributed by atoms with Crippen molar-refractivity contribution in [1.82, 2.24) is 0 Å². The van der Waals surface area contributed by atoms with Gasteiger partial charge in [0.2, 0.25) is 0 Å². The molecule has 2 atom stereocenters. The van der Waals surface area contributed by atoms with E-state index in [1.54, 1.807) is 0 Å². The summed E-state index contributed by atoms with van der Waals surface area (Å²) in [5.74, 6) is 3.67. The molecule has 0 heterocycles. The quantitative estimate of drug-likeness (QED) is 0.0636. The van der Waals surface area contributed by atoms with Gasteiger partial charge in [-0.15, -0.1) is 17.9 Å². The molecule has 0 saturated heterocycles. The van der Waals surface area contributed by atoms with Gasteiger partial charge < -0.3 is 0 Å². The van der Waals surface area contributed by atoms with E-state index < -0.39 is 0 Å². The van der Waals surface area contributed by atoms with Crippen LogP contribution in [0.1, 0.15) is 230 Å². The van der Waals surface area contributed by atoms with Gasteiger partial charge in [-0.25, -0.2) is 0 Å². The summed E-state index contributed by atoms with van der Waals surface area (Å²) >= 11 is 4.38. The molecule has 0 saturated carbocycles. The van der Waals surface area contributed by atoms with Crippen LogP contribution in [0.3, 0.4) is 0 Å². The summed E-state index contributed by atoms with van der Waals surface area (Å²) in [5.41, 5.74) is 20.3. The van der Waals surface area contributed by atoms with Gasteiger partial charge in [-0.2, -0.15) is 0 Å². The number of para-hydroxylation sites is 4. The molecule has 0 aromatic heterocycles. The van der Waals surface area contributed by atoms with Gasteiger partial charge in [0.15, 0.2) is 0 Å². The molecule has 0 aliphatic heterocycles. The molecule has 2 unspecified atom stereocenters. The van der Waals surface area contributed by atoms with Crippen LogP contribution in [-0.2, 0) is 0 Å². The number of nitrogens with zero attached hydrogens (tertiary/aromatic N) is 4. The summed E-state index contributed by atoms with van der Waals surface area (Å²) < 4.78 is 4.70. The number of hydrogen-bond donors (Lipinski definition) is 0. The maximum atomic E-state index is 5.15. The van der Waals surface area contributed by atoms with Crippen LogP contribution in [0.5, 0.6) is 0 Å². The van der Waals surface area contributed by atoms with Gasteiger partial charge in [-0.3, -0.25) is 0 Å². The largest absolute Gasteiger partial charge is 0.118 e. The Labute approximate surface area is 427 Å². The molecule has 4 aromatic rings. The van der Waals surface area contributed by atoms with Gasteiger partial charge in [0.25, 0.3) is 0 Å².